The number of aliphatic carboxylic acids is 1. The lowest BCUT2D eigenvalue weighted by Gasteiger charge is -2.24. The number of carboxylic acid groups (broad SMARTS) is 1. The van der Waals surface area contributed by atoms with Crippen LogP contribution in [0.3, 0.4) is 0 Å². The van der Waals surface area contributed by atoms with E-state index >= 15 is 0 Å². The van der Waals surface area contributed by atoms with Gasteiger partial charge in [0.1, 0.15) is 18.9 Å². The predicted molar refractivity (Wildman–Crippen MR) is 149 cm³/mol. The van der Waals surface area contributed by atoms with Gasteiger partial charge in [0.2, 0.25) is 0 Å². The third kappa shape index (κ3) is 12.0. The van der Waals surface area contributed by atoms with Crippen molar-refractivity contribution in [3.05, 3.63) is 32.6 Å². The summed E-state index contributed by atoms with van der Waals surface area (Å²) in [7, 11) is -6.60. The zero-order valence-electron chi connectivity index (χ0n) is 22.8. The molecule has 1 fully saturated rings. The maximum absolute atomic E-state index is 12.3. The van der Waals surface area contributed by atoms with Gasteiger partial charge in [-0.05, 0) is 24.3 Å². The van der Waals surface area contributed by atoms with Gasteiger partial charge in [-0.25, -0.2) is 14.2 Å². The number of unbranched alkanes of at least 4 members (excludes halogenated alkanes) is 9. The third-order valence-electron chi connectivity index (χ3n) is 6.61. The molecule has 0 aliphatic carbocycles. The lowest BCUT2D eigenvalue weighted by atomic mass is 9.95. The number of nitrogens with one attached hydrogen (secondary N) is 1. The maximum atomic E-state index is 12.3. The van der Waals surface area contributed by atoms with Crippen LogP contribution in [-0.2, 0) is 32.2 Å². The second-order valence-electron chi connectivity index (χ2n) is 9.76. The molecule has 234 valence electrons. The van der Waals surface area contributed by atoms with Crippen LogP contribution >= 0.6 is 26.7 Å². The molecule has 0 radical (unpaired) electrons. The minimum absolute atomic E-state index is 0.0560. The molecule has 1 aromatic rings. The van der Waals surface area contributed by atoms with Gasteiger partial charge in [0.25, 0.3) is 5.56 Å². The smallest absolute Gasteiger partial charge is 0.479 e. The van der Waals surface area contributed by atoms with E-state index in [9.17, 15) is 38.6 Å². The molecule has 0 bridgehead atoms. The zero-order valence-corrected chi connectivity index (χ0v) is 25.4. The maximum Gasteiger partial charge on any atom is 0.615 e. The minimum Gasteiger partial charge on any atom is -0.479 e. The molecule has 1 aromatic heterocycles. The van der Waals surface area contributed by atoms with Gasteiger partial charge in [0.05, 0.1) is 13.2 Å². The first-order valence-electron chi connectivity index (χ1n) is 13.4. The van der Waals surface area contributed by atoms with Gasteiger partial charge in [-0.3, -0.25) is 27.9 Å². The second kappa shape index (κ2) is 17.6. The average Bonchev–Trinajstić information content (AvgIpc) is 3.27. The summed E-state index contributed by atoms with van der Waals surface area (Å²) in [6.45, 7) is 0.956. The molecule has 0 saturated carbocycles. The summed E-state index contributed by atoms with van der Waals surface area (Å²) >= 11 is 0.217. The predicted octanol–water partition coefficient (Wildman–Crippen LogP) is 3.86. The summed E-state index contributed by atoms with van der Waals surface area (Å²) in [6, 6.07) is 0. The fourth-order valence-electron chi connectivity index (χ4n) is 4.27. The second-order valence-corrected chi connectivity index (χ2v) is 13.5. The number of aromatic nitrogens is 2. The van der Waals surface area contributed by atoms with E-state index in [2.05, 4.69) is 4.98 Å². The SMILES string of the molecule is Cc1cn([C@H]2C[C@@](O)(C(=O)O)[C@@H](COP(=O)(O)OCCCCCCCCCCCCO[P+](=O)SO)O2)c(=O)[nH]c1=O. The number of hydrogen-bond donors (Lipinski definition) is 5. The highest BCUT2D eigenvalue weighted by Crippen LogP contribution is 2.46. The first-order valence-corrected chi connectivity index (χ1v) is 17.4. The van der Waals surface area contributed by atoms with E-state index in [0.717, 1.165) is 62.4 Å². The number of ether oxygens (including phenoxy) is 1. The summed E-state index contributed by atoms with van der Waals surface area (Å²) in [6.07, 6.45) is 7.00. The van der Waals surface area contributed by atoms with E-state index in [0.29, 0.717) is 13.0 Å². The quantitative estimate of drug-likeness (QED) is 0.0727. The van der Waals surface area contributed by atoms with Crippen LogP contribution in [0.2, 0.25) is 0 Å². The third-order valence-corrected chi connectivity index (χ3v) is 8.84. The normalized spacial score (nSPS) is 22.5. The number of hydrogen-bond acceptors (Lipinski definition) is 12. The van der Waals surface area contributed by atoms with Gasteiger partial charge in [-0.1, -0.05) is 51.4 Å². The first-order chi connectivity index (χ1) is 19.4. The van der Waals surface area contributed by atoms with Gasteiger partial charge >= 0.3 is 38.4 Å². The van der Waals surface area contributed by atoms with Crippen molar-refractivity contribution in [3.8, 4) is 0 Å². The van der Waals surface area contributed by atoms with Crippen LogP contribution in [0, 0.1) is 6.92 Å². The fraction of sp³-hybridized carbons (Fsp3) is 0.783. The molecule has 2 rings (SSSR count). The molecule has 1 aliphatic rings. The minimum atomic E-state index is -4.58. The first kappa shape index (κ1) is 35.7. The Hall–Kier alpha value is -1.45. The Kier molecular flexibility index (Phi) is 15.4. The molecule has 2 unspecified atom stereocenters. The Morgan fingerprint density at radius 2 is 1.68 bits per heavy atom. The topological polar surface area (TPSA) is 224 Å². The highest BCUT2D eigenvalue weighted by molar-refractivity contribution is 8.47. The van der Waals surface area contributed by atoms with Crippen molar-refractivity contribution < 1.29 is 51.9 Å². The molecule has 41 heavy (non-hydrogen) atoms. The van der Waals surface area contributed by atoms with Gasteiger partial charge in [0.15, 0.2) is 5.60 Å². The summed E-state index contributed by atoms with van der Waals surface area (Å²) in [5.41, 5.74) is -3.85. The number of carboxylic acids is 1. The number of phosphoric acid groups is 1. The van der Waals surface area contributed by atoms with E-state index in [1.807, 2.05) is 0 Å². The Labute approximate surface area is 242 Å². The van der Waals surface area contributed by atoms with E-state index in [1.165, 1.54) is 13.1 Å². The highest BCUT2D eigenvalue weighted by atomic mass is 32.7. The van der Waals surface area contributed by atoms with Crippen molar-refractivity contribution in [1.29, 1.82) is 0 Å². The Balaban J connectivity index is 1.64. The molecule has 15 nitrogen and oxygen atoms in total. The van der Waals surface area contributed by atoms with Crippen LogP contribution < -0.4 is 11.2 Å². The highest BCUT2D eigenvalue weighted by Gasteiger charge is 2.54. The summed E-state index contributed by atoms with van der Waals surface area (Å²) in [4.78, 5) is 47.6. The number of rotatable bonds is 21. The van der Waals surface area contributed by atoms with E-state index in [1.54, 1.807) is 0 Å². The van der Waals surface area contributed by atoms with Crippen LogP contribution in [0.25, 0.3) is 0 Å². The number of nitrogens with zero attached hydrogens (tertiary/aromatic N) is 1. The molecule has 1 saturated heterocycles. The van der Waals surface area contributed by atoms with E-state index < -0.39 is 63.2 Å². The number of H-pyrrole nitrogens is 1. The number of phosphoric ester groups is 1. The molecule has 5 atom stereocenters. The number of aryl methyl sites for hydroxylation is 1. The van der Waals surface area contributed by atoms with Crippen molar-refractivity contribution in [3.63, 3.8) is 0 Å². The van der Waals surface area contributed by atoms with Gasteiger partial charge in [-0.15, -0.1) is 4.52 Å². The van der Waals surface area contributed by atoms with Crippen LogP contribution in [0.4, 0.5) is 0 Å². The molecule has 5 N–H and O–H groups in total. The van der Waals surface area contributed by atoms with Crippen LogP contribution in [0.5, 0.6) is 0 Å². The largest absolute Gasteiger partial charge is 0.615 e. The summed E-state index contributed by atoms with van der Waals surface area (Å²) < 4.78 is 52.9. The molecule has 18 heteroatoms. The molecule has 2 heterocycles. The van der Waals surface area contributed by atoms with Crippen molar-refractivity contribution in [2.75, 3.05) is 19.8 Å². The van der Waals surface area contributed by atoms with Crippen molar-refractivity contribution in [1.82, 2.24) is 9.55 Å². The van der Waals surface area contributed by atoms with E-state index in [-0.39, 0.29) is 23.8 Å². The number of aromatic amines is 1. The molecule has 0 spiro atoms. The van der Waals surface area contributed by atoms with Crippen LogP contribution in [0.1, 0.15) is 82.4 Å². The van der Waals surface area contributed by atoms with Crippen LogP contribution in [-0.4, -0.2) is 66.7 Å². The molecule has 0 amide bonds. The lowest BCUT2D eigenvalue weighted by Crippen LogP contribution is -2.48. The molecular weight excluding hydrogens is 606 g/mol. The summed E-state index contributed by atoms with van der Waals surface area (Å²) in [5.74, 6) is -1.67. The molecular formula is C23H39N2O13P2S+. The summed E-state index contributed by atoms with van der Waals surface area (Å²) in [5, 5.41) is 20.2. The number of carbonyl (C=O) groups is 1. The fourth-order valence-corrected chi connectivity index (χ4v) is 5.72. The van der Waals surface area contributed by atoms with Gasteiger partial charge < -0.3 is 19.8 Å². The molecule has 0 aromatic carbocycles. The Morgan fingerprint density at radius 3 is 2.24 bits per heavy atom. The Bertz CT molecular complexity index is 1160. The van der Waals surface area contributed by atoms with Crippen LogP contribution in [0.15, 0.2) is 15.8 Å². The van der Waals surface area contributed by atoms with Crippen molar-refractivity contribution >= 4 is 32.7 Å². The zero-order chi connectivity index (χ0) is 30.5. The number of aliphatic hydroxyl groups is 1. The van der Waals surface area contributed by atoms with Gasteiger partial charge in [-0.2, -0.15) is 0 Å². The Morgan fingerprint density at radius 1 is 1.12 bits per heavy atom. The van der Waals surface area contributed by atoms with Gasteiger partial charge in [0, 0.05) is 18.2 Å². The van der Waals surface area contributed by atoms with Crippen molar-refractivity contribution in [2.45, 2.75) is 95.5 Å². The standard InChI is InChI=1S/C23H38N2O13P2S/c1-17-15-25(22(29)24-20(17)26)19-14-23(30,21(27)28)18(38-19)16-37-40(32,33)36-13-11-9-7-5-3-2-4-6-8-10-12-35-39(31)41-34/h15,18-19,30H,2-14,16H2,1H3,(H3-,24,26,27,28,29,32,33,34)/p+1/t18-,19-,23+/m1/s1. The van der Waals surface area contributed by atoms with Crippen molar-refractivity contribution in [2.24, 2.45) is 0 Å². The average molecular weight is 646 g/mol. The molecule has 1 aliphatic heterocycles. The van der Waals surface area contributed by atoms with E-state index in [4.69, 9.17) is 22.9 Å². The lowest BCUT2D eigenvalue weighted by molar-refractivity contribution is -0.166. The monoisotopic (exact) mass is 645 g/mol.